The second kappa shape index (κ2) is 4.77. The average Bonchev–Trinajstić information content (AvgIpc) is 2.28. The van der Waals surface area contributed by atoms with E-state index in [4.69, 9.17) is 34.8 Å². The van der Waals surface area contributed by atoms with Crippen LogP contribution in [0.1, 0.15) is 0 Å². The van der Waals surface area contributed by atoms with Crippen molar-refractivity contribution >= 4 is 34.8 Å². The van der Waals surface area contributed by atoms with Gasteiger partial charge in [-0.25, -0.2) is 8.78 Å². The molecular weight excluding hydrogens is 290 g/mol. The van der Waals surface area contributed by atoms with Gasteiger partial charge in [-0.05, 0) is 12.1 Å². The second-order valence-electron chi connectivity index (χ2n) is 3.20. The molecule has 0 radical (unpaired) electrons. The first kappa shape index (κ1) is 12.6. The van der Waals surface area contributed by atoms with Gasteiger partial charge in [0.15, 0.2) is 11.6 Å². The van der Waals surface area contributed by atoms with Crippen molar-refractivity contribution in [1.29, 1.82) is 0 Å². The van der Waals surface area contributed by atoms with Gasteiger partial charge in [-0.15, -0.1) is 0 Å². The van der Waals surface area contributed by atoms with Gasteiger partial charge in [-0.2, -0.15) is 0 Å². The number of benzene rings is 1. The Morgan fingerprint density at radius 1 is 0.824 bits per heavy atom. The molecule has 0 fully saturated rings. The fourth-order valence-electron chi connectivity index (χ4n) is 1.41. The molecule has 1 heterocycles. The van der Waals surface area contributed by atoms with Crippen molar-refractivity contribution in [2.75, 3.05) is 0 Å². The maximum Gasteiger partial charge on any atom is 0.152 e. The van der Waals surface area contributed by atoms with Crippen LogP contribution < -0.4 is 0 Å². The number of rotatable bonds is 1. The third kappa shape index (κ3) is 2.23. The Labute approximate surface area is 111 Å². The molecule has 0 saturated heterocycles. The van der Waals surface area contributed by atoms with Crippen LogP contribution in [0.2, 0.25) is 15.1 Å². The zero-order valence-electron chi connectivity index (χ0n) is 8.15. The first-order valence-corrected chi connectivity index (χ1v) is 5.58. The molecule has 1 nitrogen and oxygen atoms in total. The molecule has 0 bridgehead atoms. The molecule has 1 aromatic heterocycles. The molecule has 0 saturated carbocycles. The summed E-state index contributed by atoms with van der Waals surface area (Å²) in [6.45, 7) is 0. The summed E-state index contributed by atoms with van der Waals surface area (Å²) >= 11 is 17.6. The number of pyridine rings is 1. The summed E-state index contributed by atoms with van der Waals surface area (Å²) in [7, 11) is 0. The Morgan fingerprint density at radius 3 is 1.94 bits per heavy atom. The van der Waals surface area contributed by atoms with E-state index in [-0.39, 0.29) is 26.2 Å². The van der Waals surface area contributed by atoms with Crippen LogP contribution in [0.25, 0.3) is 11.1 Å². The molecule has 0 N–H and O–H groups in total. The highest BCUT2D eigenvalue weighted by atomic mass is 35.5. The molecule has 0 unspecified atom stereocenters. The van der Waals surface area contributed by atoms with Crippen LogP contribution in [0.15, 0.2) is 24.5 Å². The van der Waals surface area contributed by atoms with Gasteiger partial charge < -0.3 is 0 Å². The highest BCUT2D eigenvalue weighted by molar-refractivity contribution is 6.46. The topological polar surface area (TPSA) is 12.9 Å². The van der Waals surface area contributed by atoms with Crippen molar-refractivity contribution in [1.82, 2.24) is 4.98 Å². The van der Waals surface area contributed by atoms with Gasteiger partial charge in [0.05, 0.1) is 33.0 Å². The minimum Gasteiger partial charge on any atom is -0.259 e. The average molecular weight is 295 g/mol. The summed E-state index contributed by atoms with van der Waals surface area (Å²) in [6.07, 6.45) is 1.76. The zero-order chi connectivity index (χ0) is 12.6. The summed E-state index contributed by atoms with van der Waals surface area (Å²) in [6, 6.07) is 2.87. The quantitative estimate of drug-likeness (QED) is 0.675. The van der Waals surface area contributed by atoms with Gasteiger partial charge in [-0.3, -0.25) is 4.98 Å². The van der Waals surface area contributed by atoms with Crippen LogP contribution in [0.5, 0.6) is 0 Å². The minimum absolute atomic E-state index is 0.00293. The number of hydrogen-bond donors (Lipinski definition) is 0. The van der Waals surface area contributed by atoms with E-state index in [9.17, 15) is 8.78 Å². The summed E-state index contributed by atoms with van der Waals surface area (Å²) in [4.78, 5) is 3.38. The normalized spacial score (nSPS) is 10.6. The summed E-state index contributed by atoms with van der Waals surface area (Å²) in [5.41, 5.74) is -0.310. The molecule has 0 aliphatic carbocycles. The van der Waals surface area contributed by atoms with Crippen molar-refractivity contribution in [2.24, 2.45) is 0 Å². The van der Waals surface area contributed by atoms with Gasteiger partial charge in [0, 0.05) is 5.56 Å². The third-order valence-electron chi connectivity index (χ3n) is 2.15. The SMILES string of the molecule is Fc1cncc(F)c1-c1c(Cl)ccc(Cl)c1Cl. The van der Waals surface area contributed by atoms with Gasteiger partial charge in [0.1, 0.15) is 0 Å². The van der Waals surface area contributed by atoms with E-state index >= 15 is 0 Å². The highest BCUT2D eigenvalue weighted by Crippen LogP contribution is 2.40. The van der Waals surface area contributed by atoms with E-state index in [0.29, 0.717) is 0 Å². The van der Waals surface area contributed by atoms with E-state index in [2.05, 4.69) is 4.98 Å². The summed E-state index contributed by atoms with van der Waals surface area (Å²) in [5, 5.41) is 0.285. The first-order chi connectivity index (χ1) is 8.02. The molecule has 0 amide bonds. The van der Waals surface area contributed by atoms with E-state index in [1.165, 1.54) is 12.1 Å². The van der Waals surface area contributed by atoms with Crippen molar-refractivity contribution in [3.05, 3.63) is 51.2 Å². The Kier molecular flexibility index (Phi) is 3.52. The number of aromatic nitrogens is 1. The third-order valence-corrected chi connectivity index (χ3v) is 3.27. The van der Waals surface area contributed by atoms with E-state index in [0.717, 1.165) is 12.4 Å². The van der Waals surface area contributed by atoms with Crippen LogP contribution in [-0.4, -0.2) is 4.98 Å². The Morgan fingerprint density at radius 2 is 1.35 bits per heavy atom. The minimum atomic E-state index is -0.851. The number of nitrogens with zero attached hydrogens (tertiary/aromatic N) is 1. The summed E-state index contributed by atoms with van der Waals surface area (Å²) < 4.78 is 27.1. The fraction of sp³-hybridized carbons (Fsp3) is 0. The Bertz CT molecular complexity index is 567. The van der Waals surface area contributed by atoms with Gasteiger partial charge >= 0.3 is 0 Å². The maximum atomic E-state index is 13.6. The maximum absolute atomic E-state index is 13.6. The van der Waals surface area contributed by atoms with Crippen molar-refractivity contribution in [3.63, 3.8) is 0 Å². The number of hydrogen-bond acceptors (Lipinski definition) is 1. The predicted molar refractivity (Wildman–Crippen MR) is 64.6 cm³/mol. The van der Waals surface area contributed by atoms with E-state index in [1.807, 2.05) is 0 Å². The summed E-state index contributed by atoms with van der Waals surface area (Å²) in [5.74, 6) is -1.70. The molecule has 1 aromatic carbocycles. The lowest BCUT2D eigenvalue weighted by molar-refractivity contribution is 0.579. The molecular formula is C11H4Cl3F2N. The molecule has 88 valence electrons. The lowest BCUT2D eigenvalue weighted by Gasteiger charge is -2.10. The first-order valence-electron chi connectivity index (χ1n) is 4.45. The fourth-order valence-corrected chi connectivity index (χ4v) is 2.12. The molecule has 0 aliphatic rings. The Hall–Kier alpha value is -0.900. The second-order valence-corrected chi connectivity index (χ2v) is 4.39. The number of halogens is 5. The molecule has 17 heavy (non-hydrogen) atoms. The van der Waals surface area contributed by atoms with Crippen LogP contribution in [0.4, 0.5) is 8.78 Å². The zero-order valence-corrected chi connectivity index (χ0v) is 10.4. The van der Waals surface area contributed by atoms with Crippen LogP contribution in [0.3, 0.4) is 0 Å². The monoisotopic (exact) mass is 293 g/mol. The van der Waals surface area contributed by atoms with Crippen LogP contribution >= 0.6 is 34.8 Å². The van der Waals surface area contributed by atoms with Gasteiger partial charge in [0.25, 0.3) is 0 Å². The molecule has 0 atom stereocenters. The lowest BCUT2D eigenvalue weighted by atomic mass is 10.1. The van der Waals surface area contributed by atoms with Crippen molar-refractivity contribution in [3.8, 4) is 11.1 Å². The largest absolute Gasteiger partial charge is 0.259 e. The van der Waals surface area contributed by atoms with Crippen LogP contribution in [0, 0.1) is 11.6 Å². The smallest absolute Gasteiger partial charge is 0.152 e. The van der Waals surface area contributed by atoms with Crippen molar-refractivity contribution < 1.29 is 8.78 Å². The molecule has 2 rings (SSSR count). The van der Waals surface area contributed by atoms with E-state index in [1.54, 1.807) is 0 Å². The molecule has 0 aliphatic heterocycles. The lowest BCUT2D eigenvalue weighted by Crippen LogP contribution is -1.93. The van der Waals surface area contributed by atoms with Crippen LogP contribution in [-0.2, 0) is 0 Å². The molecule has 0 spiro atoms. The van der Waals surface area contributed by atoms with Gasteiger partial charge in [-0.1, -0.05) is 34.8 Å². The van der Waals surface area contributed by atoms with Gasteiger partial charge in [0.2, 0.25) is 0 Å². The Balaban J connectivity index is 2.82. The van der Waals surface area contributed by atoms with Crippen molar-refractivity contribution in [2.45, 2.75) is 0 Å². The highest BCUT2D eigenvalue weighted by Gasteiger charge is 2.19. The predicted octanol–water partition coefficient (Wildman–Crippen LogP) is 4.99. The van der Waals surface area contributed by atoms with E-state index < -0.39 is 11.6 Å². The standard InChI is InChI=1S/C11H4Cl3F2N/c12-5-1-2-6(13)11(14)9(5)10-7(15)3-17-4-8(10)16/h1-4H. The molecule has 2 aromatic rings. The molecule has 6 heteroatoms.